The number of pyridine rings is 1. The summed E-state index contributed by atoms with van der Waals surface area (Å²) in [6.45, 7) is 6.56. The third-order valence-electron chi connectivity index (χ3n) is 8.85. The number of piperazine rings is 1. The molecular formula is C31H33F6N7O3. The SMILES string of the molecule is CC[C@]1(N)C[C@@H](C(c2cc(C(F)(F)F)cc(C(F)(F)F)c2)c2ncc(N3CCN(C(C)=O)CC3)cn2)c2nc(C)ccc2N1C(=O)O. The zero-order valence-corrected chi connectivity index (χ0v) is 25.7. The lowest BCUT2D eigenvalue weighted by molar-refractivity contribution is -0.143. The van der Waals surface area contributed by atoms with Crippen LogP contribution in [0.15, 0.2) is 42.7 Å². The van der Waals surface area contributed by atoms with E-state index in [9.17, 15) is 41.0 Å². The maximum Gasteiger partial charge on any atom is 0.416 e. The number of carboxylic acid groups (broad SMARTS) is 1. The number of hydrogen-bond acceptors (Lipinski definition) is 7. The highest BCUT2D eigenvalue weighted by Crippen LogP contribution is 2.51. The molecule has 1 aromatic carbocycles. The van der Waals surface area contributed by atoms with Crippen LogP contribution in [0, 0.1) is 6.92 Å². The van der Waals surface area contributed by atoms with Crippen molar-refractivity contribution in [2.24, 2.45) is 5.73 Å². The van der Waals surface area contributed by atoms with E-state index in [1.54, 1.807) is 24.8 Å². The molecule has 2 aliphatic heterocycles. The predicted molar refractivity (Wildman–Crippen MR) is 159 cm³/mol. The Bertz CT molecular complexity index is 1630. The van der Waals surface area contributed by atoms with Crippen molar-refractivity contribution in [2.75, 3.05) is 36.0 Å². The van der Waals surface area contributed by atoms with Gasteiger partial charge in [-0.1, -0.05) is 6.92 Å². The van der Waals surface area contributed by atoms with Gasteiger partial charge in [0.2, 0.25) is 5.91 Å². The molecule has 252 valence electrons. The highest BCUT2D eigenvalue weighted by atomic mass is 19.4. The van der Waals surface area contributed by atoms with Gasteiger partial charge in [-0.3, -0.25) is 14.7 Å². The van der Waals surface area contributed by atoms with Crippen LogP contribution in [-0.2, 0) is 17.1 Å². The van der Waals surface area contributed by atoms with Crippen LogP contribution in [0.2, 0.25) is 0 Å². The summed E-state index contributed by atoms with van der Waals surface area (Å²) in [5.41, 5.74) is 2.87. The van der Waals surface area contributed by atoms with Crippen LogP contribution in [0.1, 0.15) is 72.4 Å². The summed E-state index contributed by atoms with van der Waals surface area (Å²) in [6.07, 6.45) is -8.90. The highest BCUT2D eigenvalue weighted by molar-refractivity contribution is 5.89. The molecule has 2 aromatic heterocycles. The van der Waals surface area contributed by atoms with Crippen molar-refractivity contribution < 1.29 is 41.0 Å². The van der Waals surface area contributed by atoms with Crippen molar-refractivity contribution in [2.45, 2.75) is 63.5 Å². The van der Waals surface area contributed by atoms with Crippen molar-refractivity contribution in [3.63, 3.8) is 0 Å². The molecule has 4 heterocycles. The molecule has 47 heavy (non-hydrogen) atoms. The molecule has 3 aromatic rings. The molecule has 10 nitrogen and oxygen atoms in total. The number of aromatic nitrogens is 3. The first-order chi connectivity index (χ1) is 21.9. The third-order valence-corrected chi connectivity index (χ3v) is 8.85. The molecule has 1 saturated heterocycles. The second kappa shape index (κ2) is 12.3. The summed E-state index contributed by atoms with van der Waals surface area (Å²) >= 11 is 0. The van der Waals surface area contributed by atoms with Gasteiger partial charge in [0.1, 0.15) is 5.82 Å². The molecule has 1 fully saturated rings. The van der Waals surface area contributed by atoms with Crippen LogP contribution in [0.25, 0.3) is 0 Å². The molecule has 3 atom stereocenters. The Morgan fingerprint density at radius 3 is 2.06 bits per heavy atom. The lowest BCUT2D eigenvalue weighted by Gasteiger charge is -2.47. The molecule has 2 amide bonds. The van der Waals surface area contributed by atoms with Crippen molar-refractivity contribution in [3.05, 3.63) is 76.6 Å². The molecule has 0 bridgehead atoms. The summed E-state index contributed by atoms with van der Waals surface area (Å²) in [6, 6.07) is 4.35. The van der Waals surface area contributed by atoms with Gasteiger partial charge in [0, 0.05) is 44.7 Å². The number of nitrogens with two attached hydrogens (primary N) is 1. The van der Waals surface area contributed by atoms with Crippen LogP contribution in [0.5, 0.6) is 0 Å². The largest absolute Gasteiger partial charge is 0.465 e. The number of halogens is 6. The number of fused-ring (bicyclic) bond motifs is 1. The first-order valence-corrected chi connectivity index (χ1v) is 14.8. The Labute approximate surface area is 266 Å². The fraction of sp³-hybridized carbons (Fsp3) is 0.452. The molecule has 0 radical (unpaired) electrons. The number of benzene rings is 1. The smallest absolute Gasteiger partial charge is 0.416 e. The minimum absolute atomic E-state index is 0.0495. The monoisotopic (exact) mass is 665 g/mol. The molecule has 16 heteroatoms. The maximum atomic E-state index is 14.1. The molecule has 1 unspecified atom stereocenters. The fourth-order valence-corrected chi connectivity index (χ4v) is 6.37. The number of carbonyl (C=O) groups excluding carboxylic acids is 1. The van der Waals surface area contributed by atoms with Crippen LogP contribution >= 0.6 is 0 Å². The quantitative estimate of drug-likeness (QED) is 0.330. The zero-order valence-electron chi connectivity index (χ0n) is 25.7. The Kier molecular flexibility index (Phi) is 8.85. The number of hydrogen-bond donors (Lipinski definition) is 2. The normalized spacial score (nSPS) is 21.0. The number of nitrogens with zero attached hydrogens (tertiary/aromatic N) is 6. The fourth-order valence-electron chi connectivity index (χ4n) is 6.37. The van der Waals surface area contributed by atoms with Crippen LogP contribution in [0.4, 0.5) is 42.5 Å². The number of aryl methyl sites for hydroxylation is 1. The number of amides is 2. The topological polar surface area (TPSA) is 129 Å². The van der Waals surface area contributed by atoms with E-state index < -0.39 is 47.1 Å². The van der Waals surface area contributed by atoms with E-state index in [1.165, 1.54) is 25.4 Å². The van der Waals surface area contributed by atoms with Gasteiger partial charge in [-0.25, -0.2) is 14.8 Å². The number of rotatable bonds is 5. The molecule has 0 aliphatic carbocycles. The van der Waals surface area contributed by atoms with Crippen molar-refractivity contribution in [1.29, 1.82) is 0 Å². The molecular weight excluding hydrogens is 632 g/mol. The molecule has 3 N–H and O–H groups in total. The van der Waals surface area contributed by atoms with Crippen LogP contribution < -0.4 is 15.5 Å². The van der Waals surface area contributed by atoms with E-state index >= 15 is 0 Å². The Hall–Kier alpha value is -4.47. The average Bonchev–Trinajstić information content (AvgIpc) is 3.00. The second-order valence-electron chi connectivity index (χ2n) is 11.9. The highest BCUT2D eigenvalue weighted by Gasteiger charge is 2.49. The number of alkyl halides is 6. The van der Waals surface area contributed by atoms with E-state index in [0.717, 1.165) is 4.90 Å². The van der Waals surface area contributed by atoms with Gasteiger partial charge >= 0.3 is 18.4 Å². The number of anilines is 2. The lowest BCUT2D eigenvalue weighted by Crippen LogP contribution is -2.61. The molecule has 0 spiro atoms. The van der Waals surface area contributed by atoms with Gasteiger partial charge in [-0.15, -0.1) is 0 Å². The Balaban J connectivity index is 1.71. The van der Waals surface area contributed by atoms with E-state index in [2.05, 4.69) is 15.0 Å². The van der Waals surface area contributed by atoms with Crippen molar-refractivity contribution in [1.82, 2.24) is 19.9 Å². The summed E-state index contributed by atoms with van der Waals surface area (Å²) < 4.78 is 84.3. The van der Waals surface area contributed by atoms with Crippen molar-refractivity contribution >= 4 is 23.4 Å². The van der Waals surface area contributed by atoms with Crippen molar-refractivity contribution in [3.8, 4) is 0 Å². The third kappa shape index (κ3) is 6.68. The standard InChI is InChI=1S/C31H33F6N7O3/c1-4-29(38)14-23(26-24(44(29)28(46)47)6-5-17(2)41-26)25(19-11-20(30(32,33)34)13-21(12-19)31(35,36)37)27-39-15-22(16-40-27)43-9-7-42(8-10-43)18(3)45/h5-6,11-13,15-16,23,25H,4,7-10,14,38H2,1-3H3,(H,46,47)/t23-,25?,29+/m0/s1. The minimum Gasteiger partial charge on any atom is -0.465 e. The van der Waals surface area contributed by atoms with E-state index in [-0.39, 0.29) is 47.6 Å². The summed E-state index contributed by atoms with van der Waals surface area (Å²) in [5.74, 6) is -2.54. The Morgan fingerprint density at radius 2 is 1.57 bits per heavy atom. The second-order valence-corrected chi connectivity index (χ2v) is 11.9. The first kappa shape index (κ1) is 33.9. The predicted octanol–water partition coefficient (Wildman–Crippen LogP) is 5.75. The Morgan fingerprint density at radius 1 is 1.00 bits per heavy atom. The van der Waals surface area contributed by atoms with Gasteiger partial charge in [-0.05, 0) is 55.7 Å². The average molecular weight is 666 g/mol. The van der Waals surface area contributed by atoms with Gasteiger partial charge in [0.05, 0.1) is 52.2 Å². The van der Waals surface area contributed by atoms with Crippen LogP contribution in [0.3, 0.4) is 0 Å². The minimum atomic E-state index is -5.12. The first-order valence-electron chi connectivity index (χ1n) is 14.8. The lowest BCUT2D eigenvalue weighted by atomic mass is 9.73. The van der Waals surface area contributed by atoms with Crippen LogP contribution in [-0.4, -0.2) is 68.8 Å². The van der Waals surface area contributed by atoms with Gasteiger partial charge in [-0.2, -0.15) is 26.3 Å². The molecule has 2 aliphatic rings. The van der Waals surface area contributed by atoms with Gasteiger partial charge in [0.25, 0.3) is 0 Å². The van der Waals surface area contributed by atoms with E-state index in [1.807, 2.05) is 4.90 Å². The van der Waals surface area contributed by atoms with E-state index in [0.29, 0.717) is 49.7 Å². The van der Waals surface area contributed by atoms with Gasteiger partial charge in [0.15, 0.2) is 0 Å². The summed E-state index contributed by atoms with van der Waals surface area (Å²) in [4.78, 5) is 42.2. The molecule has 0 saturated carbocycles. The zero-order chi connectivity index (χ0) is 34.5. The van der Waals surface area contributed by atoms with Gasteiger partial charge < -0.3 is 20.6 Å². The number of carbonyl (C=O) groups is 2. The maximum absolute atomic E-state index is 14.1. The van der Waals surface area contributed by atoms with E-state index in [4.69, 9.17) is 5.73 Å². The molecule has 5 rings (SSSR count). The summed E-state index contributed by atoms with van der Waals surface area (Å²) in [5, 5.41) is 10.2. The summed E-state index contributed by atoms with van der Waals surface area (Å²) in [7, 11) is 0.